The first kappa shape index (κ1) is 16.5. The molecule has 0 bridgehead atoms. The van der Waals surface area contributed by atoms with E-state index in [2.05, 4.69) is 31.1 Å². The van der Waals surface area contributed by atoms with Crippen molar-refractivity contribution in [3.05, 3.63) is 0 Å². The van der Waals surface area contributed by atoms with Crippen LogP contribution in [0.1, 0.15) is 65.7 Å². The Morgan fingerprint density at radius 1 is 1.26 bits per heavy atom. The number of carbonyl (C=O) groups is 1. The molecule has 0 aromatic heterocycles. The number of nitrogens with zero attached hydrogens (tertiary/aromatic N) is 1. The normalized spacial score (nSPS) is 18.8. The summed E-state index contributed by atoms with van der Waals surface area (Å²) in [6, 6.07) is 1.09. The van der Waals surface area contributed by atoms with Gasteiger partial charge < -0.3 is 10.2 Å². The van der Waals surface area contributed by atoms with Crippen LogP contribution in [0, 0.1) is 5.92 Å². The first-order chi connectivity index (χ1) is 9.04. The summed E-state index contributed by atoms with van der Waals surface area (Å²) in [4.78, 5) is 14.1. The summed E-state index contributed by atoms with van der Waals surface area (Å²) < 4.78 is 0. The van der Waals surface area contributed by atoms with Gasteiger partial charge in [0.05, 0.1) is 0 Å². The van der Waals surface area contributed by atoms with Gasteiger partial charge in [0.15, 0.2) is 0 Å². The molecule has 1 amide bonds. The van der Waals surface area contributed by atoms with Crippen molar-refractivity contribution in [3.63, 3.8) is 0 Å². The van der Waals surface area contributed by atoms with E-state index in [0.29, 0.717) is 18.4 Å². The van der Waals surface area contributed by atoms with Crippen molar-refractivity contribution in [2.24, 2.45) is 5.92 Å². The Kier molecular flexibility index (Phi) is 7.44. The molecule has 112 valence electrons. The van der Waals surface area contributed by atoms with E-state index in [4.69, 9.17) is 0 Å². The van der Waals surface area contributed by atoms with Gasteiger partial charge in [-0.1, -0.05) is 40.0 Å². The van der Waals surface area contributed by atoms with Crippen LogP contribution in [0.3, 0.4) is 0 Å². The van der Waals surface area contributed by atoms with Crippen molar-refractivity contribution < 1.29 is 4.79 Å². The lowest BCUT2D eigenvalue weighted by atomic mass is 9.93. The lowest BCUT2D eigenvalue weighted by Gasteiger charge is -2.33. The lowest BCUT2D eigenvalue weighted by Crippen LogP contribution is -2.42. The molecule has 0 radical (unpaired) electrons. The molecule has 0 aromatic carbocycles. The Hall–Kier alpha value is -0.570. The van der Waals surface area contributed by atoms with Crippen molar-refractivity contribution in [1.29, 1.82) is 0 Å². The topological polar surface area (TPSA) is 32.3 Å². The van der Waals surface area contributed by atoms with Crippen molar-refractivity contribution in [2.45, 2.75) is 77.8 Å². The van der Waals surface area contributed by atoms with Crippen LogP contribution in [0.4, 0.5) is 0 Å². The molecule has 1 fully saturated rings. The van der Waals surface area contributed by atoms with Crippen LogP contribution in [-0.2, 0) is 4.79 Å². The molecule has 1 saturated carbocycles. The molecular formula is C16H32N2O. The predicted octanol–water partition coefficient (Wildman–Crippen LogP) is 3.19. The van der Waals surface area contributed by atoms with Gasteiger partial charge in [0.1, 0.15) is 0 Å². The number of amides is 1. The minimum atomic E-state index is 0.180. The Morgan fingerprint density at radius 2 is 1.89 bits per heavy atom. The van der Waals surface area contributed by atoms with Gasteiger partial charge >= 0.3 is 0 Å². The third-order valence-electron chi connectivity index (χ3n) is 4.46. The predicted molar refractivity (Wildman–Crippen MR) is 81.2 cm³/mol. The van der Waals surface area contributed by atoms with E-state index >= 15 is 0 Å². The van der Waals surface area contributed by atoms with Crippen LogP contribution in [0.15, 0.2) is 0 Å². The molecule has 3 heteroatoms. The molecular weight excluding hydrogens is 236 g/mol. The van der Waals surface area contributed by atoms with Gasteiger partial charge in [-0.05, 0) is 32.2 Å². The van der Waals surface area contributed by atoms with Crippen molar-refractivity contribution in [3.8, 4) is 0 Å². The molecule has 1 aliphatic rings. The van der Waals surface area contributed by atoms with E-state index < -0.39 is 0 Å². The highest BCUT2D eigenvalue weighted by atomic mass is 16.1. The van der Waals surface area contributed by atoms with Crippen LogP contribution in [0.5, 0.6) is 0 Å². The Morgan fingerprint density at radius 3 is 2.42 bits per heavy atom. The summed E-state index contributed by atoms with van der Waals surface area (Å²) >= 11 is 0. The summed E-state index contributed by atoms with van der Waals surface area (Å²) in [5, 5.41) is 3.16. The molecule has 1 N–H and O–H groups in total. The summed E-state index contributed by atoms with van der Waals surface area (Å²) in [5.74, 6) is 0.689. The molecule has 1 atom stereocenters. The quantitative estimate of drug-likeness (QED) is 0.769. The van der Waals surface area contributed by atoms with Gasteiger partial charge in [-0.15, -0.1) is 0 Å². The smallest absolute Gasteiger partial charge is 0.219 e. The van der Waals surface area contributed by atoms with Gasteiger partial charge in [-0.2, -0.15) is 0 Å². The fraction of sp³-hybridized carbons (Fsp3) is 0.938. The minimum absolute atomic E-state index is 0.180. The molecule has 1 aliphatic carbocycles. The van der Waals surface area contributed by atoms with E-state index in [1.54, 1.807) is 0 Å². The second-order valence-corrected chi connectivity index (χ2v) is 6.33. The number of carbonyl (C=O) groups excluding carboxylic acids is 1. The zero-order valence-electron chi connectivity index (χ0n) is 13.2. The number of nitrogens with one attached hydrogen (secondary N) is 1. The van der Waals surface area contributed by atoms with E-state index in [1.165, 1.54) is 32.1 Å². The molecule has 19 heavy (non-hydrogen) atoms. The third-order valence-corrected chi connectivity index (χ3v) is 4.46. The molecule has 0 aliphatic heterocycles. The van der Waals surface area contributed by atoms with Crippen LogP contribution in [0.25, 0.3) is 0 Å². The van der Waals surface area contributed by atoms with Gasteiger partial charge in [-0.3, -0.25) is 4.79 Å². The summed E-state index contributed by atoms with van der Waals surface area (Å²) in [6.45, 7) is 7.40. The highest BCUT2D eigenvalue weighted by molar-refractivity contribution is 5.75. The number of hydrogen-bond acceptors (Lipinski definition) is 2. The first-order valence-electron chi connectivity index (χ1n) is 8.04. The van der Waals surface area contributed by atoms with Gasteiger partial charge in [0.25, 0.3) is 0 Å². The fourth-order valence-electron chi connectivity index (χ4n) is 2.93. The maximum atomic E-state index is 11.5. The Labute approximate surface area is 119 Å². The highest BCUT2D eigenvalue weighted by Crippen LogP contribution is 2.22. The van der Waals surface area contributed by atoms with Crippen molar-refractivity contribution in [1.82, 2.24) is 10.2 Å². The first-order valence-corrected chi connectivity index (χ1v) is 8.04. The zero-order chi connectivity index (χ0) is 14.3. The number of hydrogen-bond donors (Lipinski definition) is 1. The molecule has 0 unspecified atom stereocenters. The standard InChI is InChI=1S/C16H32N2O/c1-5-16(19)17-15(13(2)3)11-12-18(4)14-9-7-6-8-10-14/h13-15H,5-12H2,1-4H3,(H,17,19)/t15-/m0/s1. The van der Waals surface area contributed by atoms with Crippen molar-refractivity contribution in [2.75, 3.05) is 13.6 Å². The molecule has 0 spiro atoms. The molecule has 0 heterocycles. The highest BCUT2D eigenvalue weighted by Gasteiger charge is 2.20. The van der Waals surface area contributed by atoms with Gasteiger partial charge in [0.2, 0.25) is 5.91 Å². The number of rotatable bonds is 7. The van der Waals surface area contributed by atoms with Crippen LogP contribution < -0.4 is 5.32 Å². The SMILES string of the molecule is CCC(=O)N[C@@H](CCN(C)C1CCCCC1)C(C)C. The minimum Gasteiger partial charge on any atom is -0.353 e. The summed E-state index contributed by atoms with van der Waals surface area (Å²) in [6.07, 6.45) is 8.53. The fourth-order valence-corrected chi connectivity index (χ4v) is 2.93. The van der Waals surface area contributed by atoms with Crippen LogP contribution >= 0.6 is 0 Å². The summed E-state index contributed by atoms with van der Waals surface area (Å²) in [7, 11) is 2.25. The Bertz CT molecular complexity index is 259. The largest absolute Gasteiger partial charge is 0.353 e. The lowest BCUT2D eigenvalue weighted by molar-refractivity contribution is -0.121. The molecule has 1 rings (SSSR count). The van der Waals surface area contributed by atoms with E-state index in [1.807, 2.05) is 6.92 Å². The zero-order valence-corrected chi connectivity index (χ0v) is 13.2. The van der Waals surface area contributed by atoms with E-state index in [0.717, 1.165) is 19.0 Å². The third kappa shape index (κ3) is 5.94. The molecule has 3 nitrogen and oxygen atoms in total. The van der Waals surface area contributed by atoms with Gasteiger partial charge in [0, 0.05) is 25.0 Å². The second kappa shape index (κ2) is 8.57. The molecule has 0 saturated heterocycles. The van der Waals surface area contributed by atoms with Crippen LogP contribution in [-0.4, -0.2) is 36.5 Å². The summed E-state index contributed by atoms with van der Waals surface area (Å²) in [5.41, 5.74) is 0. The average molecular weight is 268 g/mol. The molecule has 0 aromatic rings. The van der Waals surface area contributed by atoms with Gasteiger partial charge in [-0.25, -0.2) is 0 Å². The average Bonchev–Trinajstić information content (AvgIpc) is 2.43. The monoisotopic (exact) mass is 268 g/mol. The van der Waals surface area contributed by atoms with Crippen LogP contribution in [0.2, 0.25) is 0 Å². The maximum absolute atomic E-state index is 11.5. The van der Waals surface area contributed by atoms with Crippen molar-refractivity contribution >= 4 is 5.91 Å². The maximum Gasteiger partial charge on any atom is 0.219 e. The van der Waals surface area contributed by atoms with E-state index in [-0.39, 0.29) is 5.91 Å². The Balaban J connectivity index is 2.35. The van der Waals surface area contributed by atoms with E-state index in [9.17, 15) is 4.79 Å². The second-order valence-electron chi connectivity index (χ2n) is 6.33.